The lowest BCUT2D eigenvalue weighted by atomic mass is 9.95. The van der Waals surface area contributed by atoms with Crippen LogP contribution in [0.3, 0.4) is 0 Å². The molecule has 0 aliphatic heterocycles. The highest BCUT2D eigenvalue weighted by atomic mass is 16.5. The third-order valence-corrected chi connectivity index (χ3v) is 2.50. The second-order valence-corrected chi connectivity index (χ2v) is 3.99. The lowest BCUT2D eigenvalue weighted by molar-refractivity contribution is -0.144. The third kappa shape index (κ3) is 8.43. The Bertz CT molecular complexity index is 154. The van der Waals surface area contributed by atoms with Crippen molar-refractivity contribution in [2.24, 2.45) is 11.7 Å². The van der Waals surface area contributed by atoms with Crippen LogP contribution in [0, 0.1) is 5.92 Å². The summed E-state index contributed by atoms with van der Waals surface area (Å²) >= 11 is 0. The first kappa shape index (κ1) is 14.4. The van der Waals surface area contributed by atoms with Gasteiger partial charge in [-0.05, 0) is 31.7 Å². The molecule has 90 valence electrons. The Labute approximate surface area is 93.4 Å². The third-order valence-electron chi connectivity index (χ3n) is 2.50. The second kappa shape index (κ2) is 9.97. The van der Waals surface area contributed by atoms with Gasteiger partial charge in [-0.25, -0.2) is 0 Å². The quantitative estimate of drug-likeness (QED) is 0.601. The van der Waals surface area contributed by atoms with Gasteiger partial charge < -0.3 is 10.5 Å². The number of carbonyl (C=O) groups is 1. The Hall–Kier alpha value is -0.570. The van der Waals surface area contributed by atoms with Crippen molar-refractivity contribution in [3.63, 3.8) is 0 Å². The van der Waals surface area contributed by atoms with E-state index in [-0.39, 0.29) is 5.97 Å². The Morgan fingerprint density at radius 2 is 1.93 bits per heavy atom. The predicted octanol–water partition coefficient (Wildman–Crippen LogP) is 2.48. The summed E-state index contributed by atoms with van der Waals surface area (Å²) in [5, 5.41) is 0. The Morgan fingerprint density at radius 3 is 2.47 bits per heavy atom. The van der Waals surface area contributed by atoms with Crippen molar-refractivity contribution in [3.05, 3.63) is 0 Å². The standard InChI is InChI=1S/C12H25NO2/c1-3-5-11(8-9-13)6-7-12(14)15-10-4-2/h11H,3-10,13H2,1-2H3. The maximum atomic E-state index is 11.3. The van der Waals surface area contributed by atoms with Crippen LogP contribution in [-0.4, -0.2) is 19.1 Å². The van der Waals surface area contributed by atoms with Crippen LogP contribution in [0.5, 0.6) is 0 Å². The Balaban J connectivity index is 3.62. The molecule has 0 spiro atoms. The van der Waals surface area contributed by atoms with Gasteiger partial charge in [0.1, 0.15) is 0 Å². The summed E-state index contributed by atoms with van der Waals surface area (Å²) in [5.41, 5.74) is 5.53. The number of hydrogen-bond donors (Lipinski definition) is 1. The average Bonchev–Trinajstić information content (AvgIpc) is 2.23. The van der Waals surface area contributed by atoms with Crippen molar-refractivity contribution in [1.82, 2.24) is 0 Å². The Kier molecular flexibility index (Phi) is 9.59. The molecule has 0 saturated heterocycles. The van der Waals surface area contributed by atoms with Crippen LogP contribution in [0.4, 0.5) is 0 Å². The normalized spacial score (nSPS) is 12.5. The van der Waals surface area contributed by atoms with Crippen LogP contribution in [0.1, 0.15) is 52.4 Å². The zero-order chi connectivity index (χ0) is 11.5. The summed E-state index contributed by atoms with van der Waals surface area (Å²) in [6.45, 7) is 5.43. The van der Waals surface area contributed by atoms with E-state index in [1.54, 1.807) is 0 Å². The van der Waals surface area contributed by atoms with Crippen LogP contribution in [0.2, 0.25) is 0 Å². The van der Waals surface area contributed by atoms with Gasteiger partial charge in [-0.15, -0.1) is 0 Å². The minimum Gasteiger partial charge on any atom is -0.466 e. The fraction of sp³-hybridized carbons (Fsp3) is 0.917. The van der Waals surface area contributed by atoms with Crippen LogP contribution >= 0.6 is 0 Å². The molecular formula is C12H25NO2. The zero-order valence-electron chi connectivity index (χ0n) is 10.1. The molecule has 0 rings (SSSR count). The van der Waals surface area contributed by atoms with Crippen molar-refractivity contribution in [1.29, 1.82) is 0 Å². The van der Waals surface area contributed by atoms with E-state index in [4.69, 9.17) is 10.5 Å². The summed E-state index contributed by atoms with van der Waals surface area (Å²) in [7, 11) is 0. The van der Waals surface area contributed by atoms with E-state index in [9.17, 15) is 4.79 Å². The number of nitrogens with two attached hydrogens (primary N) is 1. The minimum atomic E-state index is -0.0602. The van der Waals surface area contributed by atoms with Crippen molar-refractivity contribution >= 4 is 5.97 Å². The van der Waals surface area contributed by atoms with E-state index < -0.39 is 0 Å². The number of esters is 1. The molecule has 0 aromatic rings. The lowest BCUT2D eigenvalue weighted by Crippen LogP contribution is -2.12. The average molecular weight is 215 g/mol. The van der Waals surface area contributed by atoms with Gasteiger partial charge in [0.25, 0.3) is 0 Å². The molecule has 3 heteroatoms. The lowest BCUT2D eigenvalue weighted by Gasteiger charge is -2.14. The number of carbonyl (C=O) groups excluding carboxylic acids is 1. The molecule has 1 unspecified atom stereocenters. The van der Waals surface area contributed by atoms with Gasteiger partial charge in [-0.1, -0.05) is 26.7 Å². The summed E-state index contributed by atoms with van der Waals surface area (Å²) in [4.78, 5) is 11.3. The largest absolute Gasteiger partial charge is 0.466 e. The van der Waals surface area contributed by atoms with E-state index in [1.807, 2.05) is 6.92 Å². The molecule has 2 N–H and O–H groups in total. The first-order valence-corrected chi connectivity index (χ1v) is 6.10. The van der Waals surface area contributed by atoms with E-state index in [2.05, 4.69) is 6.92 Å². The van der Waals surface area contributed by atoms with Crippen molar-refractivity contribution < 1.29 is 9.53 Å². The van der Waals surface area contributed by atoms with Gasteiger partial charge in [-0.3, -0.25) is 4.79 Å². The van der Waals surface area contributed by atoms with Gasteiger partial charge in [0, 0.05) is 6.42 Å². The van der Waals surface area contributed by atoms with Gasteiger partial charge in [0.15, 0.2) is 0 Å². The van der Waals surface area contributed by atoms with E-state index in [1.165, 1.54) is 0 Å². The van der Waals surface area contributed by atoms with Gasteiger partial charge in [0.2, 0.25) is 0 Å². The Morgan fingerprint density at radius 1 is 1.20 bits per heavy atom. The van der Waals surface area contributed by atoms with E-state index >= 15 is 0 Å². The molecular weight excluding hydrogens is 190 g/mol. The first-order chi connectivity index (χ1) is 7.24. The summed E-state index contributed by atoms with van der Waals surface area (Å²) in [5.74, 6) is 0.532. The number of hydrogen-bond acceptors (Lipinski definition) is 3. The molecule has 3 nitrogen and oxygen atoms in total. The highest BCUT2D eigenvalue weighted by Crippen LogP contribution is 2.17. The maximum Gasteiger partial charge on any atom is 0.305 e. The van der Waals surface area contributed by atoms with Crippen molar-refractivity contribution in [2.75, 3.05) is 13.2 Å². The SMILES string of the molecule is CCCOC(=O)CCC(CCC)CCN. The molecule has 0 fully saturated rings. The topological polar surface area (TPSA) is 52.3 Å². The second-order valence-electron chi connectivity index (χ2n) is 3.99. The molecule has 0 heterocycles. The summed E-state index contributed by atoms with van der Waals surface area (Å²) in [6.07, 6.45) is 5.72. The highest BCUT2D eigenvalue weighted by Gasteiger charge is 2.10. The van der Waals surface area contributed by atoms with Crippen LogP contribution in [-0.2, 0) is 9.53 Å². The summed E-state index contributed by atoms with van der Waals surface area (Å²) < 4.78 is 5.03. The number of ether oxygens (including phenoxy) is 1. The molecule has 0 aliphatic rings. The first-order valence-electron chi connectivity index (χ1n) is 6.10. The van der Waals surface area contributed by atoms with Gasteiger partial charge >= 0.3 is 5.97 Å². The van der Waals surface area contributed by atoms with Crippen molar-refractivity contribution in [3.8, 4) is 0 Å². The highest BCUT2D eigenvalue weighted by molar-refractivity contribution is 5.69. The summed E-state index contributed by atoms with van der Waals surface area (Å²) in [6, 6.07) is 0. The molecule has 0 aromatic carbocycles. The van der Waals surface area contributed by atoms with Gasteiger partial charge in [-0.2, -0.15) is 0 Å². The number of rotatable bonds is 9. The maximum absolute atomic E-state index is 11.3. The van der Waals surface area contributed by atoms with E-state index in [0.717, 1.165) is 32.1 Å². The molecule has 15 heavy (non-hydrogen) atoms. The van der Waals surface area contributed by atoms with Gasteiger partial charge in [0.05, 0.1) is 6.61 Å². The van der Waals surface area contributed by atoms with Crippen LogP contribution < -0.4 is 5.73 Å². The molecule has 0 bridgehead atoms. The molecule has 0 saturated carbocycles. The fourth-order valence-electron chi connectivity index (χ4n) is 1.69. The van der Waals surface area contributed by atoms with Crippen molar-refractivity contribution in [2.45, 2.75) is 52.4 Å². The minimum absolute atomic E-state index is 0.0602. The molecule has 1 atom stereocenters. The molecule has 0 amide bonds. The molecule has 0 aliphatic carbocycles. The predicted molar refractivity (Wildman–Crippen MR) is 62.6 cm³/mol. The van der Waals surface area contributed by atoms with Crippen LogP contribution in [0.15, 0.2) is 0 Å². The van der Waals surface area contributed by atoms with E-state index in [0.29, 0.717) is 25.5 Å². The molecule has 0 radical (unpaired) electrons. The zero-order valence-corrected chi connectivity index (χ0v) is 10.1. The van der Waals surface area contributed by atoms with Crippen LogP contribution in [0.25, 0.3) is 0 Å². The fourth-order valence-corrected chi connectivity index (χ4v) is 1.69. The smallest absolute Gasteiger partial charge is 0.305 e. The monoisotopic (exact) mass is 215 g/mol. The molecule has 0 aromatic heterocycles.